The van der Waals surface area contributed by atoms with Crippen LogP contribution in [0.15, 0.2) is 71.3 Å². The molecule has 1 N–H and O–H groups in total. The maximum Gasteiger partial charge on any atom is 0.134 e. The van der Waals surface area contributed by atoms with Gasteiger partial charge in [0.05, 0.1) is 11.7 Å². The Labute approximate surface area is 147 Å². The van der Waals surface area contributed by atoms with E-state index in [1.54, 1.807) is 0 Å². The van der Waals surface area contributed by atoms with Crippen molar-refractivity contribution in [3.05, 3.63) is 89.4 Å². The quantitative estimate of drug-likeness (QED) is 0.591. The molecule has 4 nitrogen and oxygen atoms in total. The summed E-state index contributed by atoms with van der Waals surface area (Å²) in [5.41, 5.74) is 4.34. The van der Waals surface area contributed by atoms with E-state index in [1.165, 1.54) is 11.1 Å². The van der Waals surface area contributed by atoms with Crippen LogP contribution in [0.25, 0.3) is 11.0 Å². The highest BCUT2D eigenvalue weighted by Crippen LogP contribution is 2.28. The molecule has 4 heteroatoms. The first-order chi connectivity index (χ1) is 12.2. The van der Waals surface area contributed by atoms with E-state index in [-0.39, 0.29) is 6.04 Å². The molecule has 0 radical (unpaired) electrons. The minimum Gasteiger partial charge on any atom is -0.459 e. The zero-order valence-electron chi connectivity index (χ0n) is 14.4. The van der Waals surface area contributed by atoms with Gasteiger partial charge >= 0.3 is 0 Å². The highest BCUT2D eigenvalue weighted by molar-refractivity contribution is 5.78. The number of nitrogens with zero attached hydrogens (tertiary/aromatic N) is 2. The van der Waals surface area contributed by atoms with Gasteiger partial charge in [-0.25, -0.2) is 0 Å². The van der Waals surface area contributed by atoms with Gasteiger partial charge in [-0.05, 0) is 24.6 Å². The van der Waals surface area contributed by atoms with Crippen LogP contribution in [0.3, 0.4) is 0 Å². The van der Waals surface area contributed by atoms with Crippen molar-refractivity contribution in [3.63, 3.8) is 0 Å². The van der Waals surface area contributed by atoms with Crippen molar-refractivity contribution in [2.45, 2.75) is 19.5 Å². The van der Waals surface area contributed by atoms with E-state index in [9.17, 15) is 0 Å². The van der Waals surface area contributed by atoms with Crippen LogP contribution in [-0.2, 0) is 13.6 Å². The van der Waals surface area contributed by atoms with Crippen molar-refractivity contribution in [2.75, 3.05) is 0 Å². The van der Waals surface area contributed by atoms with Crippen molar-refractivity contribution < 1.29 is 4.42 Å². The van der Waals surface area contributed by atoms with Crippen LogP contribution in [0.5, 0.6) is 0 Å². The van der Waals surface area contributed by atoms with E-state index in [2.05, 4.69) is 53.0 Å². The zero-order chi connectivity index (χ0) is 17.2. The zero-order valence-corrected chi connectivity index (χ0v) is 14.4. The van der Waals surface area contributed by atoms with Crippen molar-refractivity contribution in [1.82, 2.24) is 15.1 Å². The molecule has 2 heterocycles. The SMILES string of the molecule is Cc1nn(C)cc1CNC(c1ccccc1)c1cc2ccccc2o1. The Balaban J connectivity index is 1.68. The number of aromatic nitrogens is 2. The lowest BCUT2D eigenvalue weighted by Crippen LogP contribution is -2.21. The van der Waals surface area contributed by atoms with Gasteiger partial charge in [0.25, 0.3) is 0 Å². The third kappa shape index (κ3) is 3.21. The Hall–Kier alpha value is -2.85. The molecule has 0 spiro atoms. The molecule has 0 saturated heterocycles. The lowest BCUT2D eigenvalue weighted by atomic mass is 10.0. The third-order valence-corrected chi connectivity index (χ3v) is 4.47. The molecule has 2 aromatic heterocycles. The van der Waals surface area contributed by atoms with E-state index in [1.807, 2.05) is 42.9 Å². The van der Waals surface area contributed by atoms with Crippen molar-refractivity contribution in [1.29, 1.82) is 0 Å². The first-order valence-corrected chi connectivity index (χ1v) is 8.46. The molecule has 0 fully saturated rings. The highest BCUT2D eigenvalue weighted by Gasteiger charge is 2.18. The molecule has 0 aliphatic carbocycles. The number of furan rings is 1. The molecule has 1 unspecified atom stereocenters. The second-order valence-corrected chi connectivity index (χ2v) is 6.32. The largest absolute Gasteiger partial charge is 0.459 e. The molecule has 0 bridgehead atoms. The van der Waals surface area contributed by atoms with Gasteiger partial charge in [-0.15, -0.1) is 0 Å². The van der Waals surface area contributed by atoms with E-state index >= 15 is 0 Å². The van der Waals surface area contributed by atoms with Crippen LogP contribution in [-0.4, -0.2) is 9.78 Å². The maximum absolute atomic E-state index is 6.13. The number of hydrogen-bond donors (Lipinski definition) is 1. The number of nitrogens with one attached hydrogen (secondary N) is 1. The summed E-state index contributed by atoms with van der Waals surface area (Å²) in [7, 11) is 1.95. The standard InChI is InChI=1S/C21H21N3O/c1-15-18(14-24(2)23-15)13-22-21(16-8-4-3-5-9-16)20-12-17-10-6-7-11-19(17)25-20/h3-12,14,21-22H,13H2,1-2H3. The van der Waals surface area contributed by atoms with Crippen LogP contribution >= 0.6 is 0 Å². The fraction of sp³-hybridized carbons (Fsp3) is 0.190. The molecule has 0 amide bonds. The lowest BCUT2D eigenvalue weighted by Gasteiger charge is -2.17. The Morgan fingerprint density at radius 1 is 1.08 bits per heavy atom. The summed E-state index contributed by atoms with van der Waals surface area (Å²) in [6.07, 6.45) is 2.06. The normalized spacial score (nSPS) is 12.6. The summed E-state index contributed by atoms with van der Waals surface area (Å²) in [5.74, 6) is 0.925. The van der Waals surface area contributed by atoms with E-state index in [0.29, 0.717) is 0 Å². The summed E-state index contributed by atoms with van der Waals surface area (Å²) < 4.78 is 7.98. The molecular weight excluding hydrogens is 310 g/mol. The van der Waals surface area contributed by atoms with Crippen LogP contribution in [0.4, 0.5) is 0 Å². The summed E-state index contributed by atoms with van der Waals surface area (Å²) >= 11 is 0. The second kappa shape index (κ2) is 6.57. The number of fused-ring (bicyclic) bond motifs is 1. The first kappa shape index (κ1) is 15.7. The van der Waals surface area contributed by atoms with Gasteiger partial charge in [0.1, 0.15) is 11.3 Å². The molecule has 126 valence electrons. The summed E-state index contributed by atoms with van der Waals surface area (Å²) in [6.45, 7) is 2.77. The summed E-state index contributed by atoms with van der Waals surface area (Å²) in [5, 5.41) is 9.18. The second-order valence-electron chi connectivity index (χ2n) is 6.32. The van der Waals surface area contributed by atoms with Gasteiger partial charge in [0, 0.05) is 30.7 Å². The van der Waals surface area contributed by atoms with Gasteiger partial charge in [0.2, 0.25) is 0 Å². The van der Waals surface area contributed by atoms with Crippen LogP contribution in [0.2, 0.25) is 0 Å². The van der Waals surface area contributed by atoms with Crippen LogP contribution in [0.1, 0.15) is 28.6 Å². The van der Waals surface area contributed by atoms with Gasteiger partial charge < -0.3 is 4.42 Å². The van der Waals surface area contributed by atoms with Crippen molar-refractivity contribution in [2.24, 2.45) is 7.05 Å². The Morgan fingerprint density at radius 2 is 1.84 bits per heavy atom. The van der Waals surface area contributed by atoms with Gasteiger partial charge in [0.15, 0.2) is 0 Å². The summed E-state index contributed by atoms with van der Waals surface area (Å²) in [4.78, 5) is 0. The van der Waals surface area contributed by atoms with Crippen molar-refractivity contribution in [3.8, 4) is 0 Å². The van der Waals surface area contributed by atoms with Crippen LogP contribution < -0.4 is 5.32 Å². The molecule has 1 atom stereocenters. The predicted octanol–water partition coefficient (Wildman–Crippen LogP) is 4.35. The Kier molecular flexibility index (Phi) is 4.12. The smallest absolute Gasteiger partial charge is 0.134 e. The third-order valence-electron chi connectivity index (χ3n) is 4.47. The molecule has 0 aliphatic rings. The number of hydrogen-bond acceptors (Lipinski definition) is 3. The molecule has 0 saturated carbocycles. The molecule has 25 heavy (non-hydrogen) atoms. The Bertz CT molecular complexity index is 952. The highest BCUT2D eigenvalue weighted by atomic mass is 16.3. The van der Waals surface area contributed by atoms with Crippen molar-refractivity contribution >= 4 is 11.0 Å². The van der Waals surface area contributed by atoms with E-state index in [4.69, 9.17) is 4.42 Å². The topological polar surface area (TPSA) is 43.0 Å². The molecule has 2 aromatic carbocycles. The number of aryl methyl sites for hydroxylation is 2. The first-order valence-electron chi connectivity index (χ1n) is 8.46. The number of para-hydroxylation sites is 1. The van der Waals surface area contributed by atoms with Gasteiger partial charge in [-0.1, -0.05) is 48.5 Å². The molecule has 4 aromatic rings. The number of rotatable bonds is 5. The maximum atomic E-state index is 6.13. The number of benzene rings is 2. The fourth-order valence-corrected chi connectivity index (χ4v) is 3.21. The molecule has 4 rings (SSSR count). The van der Waals surface area contributed by atoms with Gasteiger partial charge in [-0.2, -0.15) is 5.10 Å². The average molecular weight is 331 g/mol. The lowest BCUT2D eigenvalue weighted by molar-refractivity contribution is 0.468. The predicted molar refractivity (Wildman–Crippen MR) is 99.3 cm³/mol. The van der Waals surface area contributed by atoms with E-state index < -0.39 is 0 Å². The minimum absolute atomic E-state index is 0.00629. The minimum atomic E-state index is -0.00629. The fourth-order valence-electron chi connectivity index (χ4n) is 3.21. The molecular formula is C21H21N3O. The van der Waals surface area contributed by atoms with Gasteiger partial charge in [-0.3, -0.25) is 10.00 Å². The Morgan fingerprint density at radius 3 is 2.56 bits per heavy atom. The monoisotopic (exact) mass is 331 g/mol. The summed E-state index contributed by atoms with van der Waals surface area (Å²) in [6, 6.07) is 20.6. The average Bonchev–Trinajstić information content (AvgIpc) is 3.18. The van der Waals surface area contributed by atoms with Crippen LogP contribution in [0, 0.1) is 6.92 Å². The molecule has 0 aliphatic heterocycles. The van der Waals surface area contributed by atoms with E-state index in [0.717, 1.165) is 29.0 Å².